The highest BCUT2D eigenvalue weighted by Crippen LogP contribution is 2.25. The summed E-state index contributed by atoms with van der Waals surface area (Å²) in [6, 6.07) is 8.47. The summed E-state index contributed by atoms with van der Waals surface area (Å²) >= 11 is 0. The van der Waals surface area contributed by atoms with E-state index in [1.54, 1.807) is 6.20 Å². The third kappa shape index (κ3) is 6.20. The van der Waals surface area contributed by atoms with Gasteiger partial charge in [-0.2, -0.15) is 0 Å². The van der Waals surface area contributed by atoms with Gasteiger partial charge in [0.1, 0.15) is 12.1 Å². The number of likely N-dealkylation sites (tertiary alicyclic amines) is 1. The number of rotatable bonds is 7. The number of nitrogens with zero attached hydrogens (tertiary/aromatic N) is 3. The highest BCUT2D eigenvalue weighted by atomic mass is 19.1. The summed E-state index contributed by atoms with van der Waals surface area (Å²) in [5.74, 6) is 0.179. The molecule has 0 spiro atoms. The molecular formula is C26H30FN3O. The standard InChI is InChI=1S/C26H30FN3O/c1-4-19(2)6-5-7-24(20(3)25-12-14-28-18-29-25)26(31)30-15-13-22(17-30)16-21-8-10-23(27)11-9-21/h5-12,14,18,22H,4,13,15-17H2,1-3H3/b7-5-,19-6+,24-20-/t22-/m0/s1. The minimum atomic E-state index is -0.221. The van der Waals surface area contributed by atoms with Crippen molar-refractivity contribution in [1.29, 1.82) is 0 Å². The lowest BCUT2D eigenvalue weighted by Crippen LogP contribution is -2.30. The molecule has 0 saturated carbocycles. The van der Waals surface area contributed by atoms with Gasteiger partial charge in [-0.1, -0.05) is 36.8 Å². The molecule has 1 saturated heterocycles. The molecule has 3 rings (SSSR count). The fraction of sp³-hybridized carbons (Fsp3) is 0.346. The zero-order valence-electron chi connectivity index (χ0n) is 18.5. The second-order valence-electron chi connectivity index (χ2n) is 8.10. The summed E-state index contributed by atoms with van der Waals surface area (Å²) < 4.78 is 13.2. The normalized spacial score (nSPS) is 17.9. The van der Waals surface area contributed by atoms with Crippen molar-refractivity contribution in [3.63, 3.8) is 0 Å². The van der Waals surface area contributed by atoms with Gasteiger partial charge in [0.15, 0.2) is 0 Å². The molecule has 0 aliphatic carbocycles. The van der Waals surface area contributed by atoms with Gasteiger partial charge < -0.3 is 4.90 Å². The number of aromatic nitrogens is 2. The van der Waals surface area contributed by atoms with Gasteiger partial charge in [-0.15, -0.1) is 0 Å². The molecule has 0 unspecified atom stereocenters. The van der Waals surface area contributed by atoms with Crippen molar-refractivity contribution in [3.05, 3.63) is 89.3 Å². The summed E-state index contributed by atoms with van der Waals surface area (Å²) in [4.78, 5) is 23.7. The van der Waals surface area contributed by atoms with Crippen molar-refractivity contribution < 1.29 is 9.18 Å². The van der Waals surface area contributed by atoms with Crippen LogP contribution in [0.1, 0.15) is 44.9 Å². The molecule has 4 nitrogen and oxygen atoms in total. The Labute approximate surface area is 184 Å². The Hall–Kier alpha value is -3.08. The van der Waals surface area contributed by atoms with Crippen molar-refractivity contribution in [2.24, 2.45) is 5.92 Å². The quantitative estimate of drug-likeness (QED) is 0.446. The maximum Gasteiger partial charge on any atom is 0.254 e. The van der Waals surface area contributed by atoms with E-state index in [4.69, 9.17) is 0 Å². The highest BCUT2D eigenvalue weighted by molar-refractivity contribution is 6.03. The molecule has 0 radical (unpaired) electrons. The summed E-state index contributed by atoms with van der Waals surface area (Å²) in [5, 5.41) is 0. The summed E-state index contributed by atoms with van der Waals surface area (Å²) in [7, 11) is 0. The lowest BCUT2D eigenvalue weighted by atomic mass is 9.99. The smallest absolute Gasteiger partial charge is 0.254 e. The fourth-order valence-electron chi connectivity index (χ4n) is 3.74. The van der Waals surface area contributed by atoms with Crippen LogP contribution in [0.15, 0.2) is 72.2 Å². The Bertz CT molecular complexity index is 977. The Kier molecular flexibility index (Phi) is 7.88. The van der Waals surface area contributed by atoms with E-state index in [-0.39, 0.29) is 11.7 Å². The van der Waals surface area contributed by atoms with E-state index in [1.807, 2.05) is 48.3 Å². The molecule has 1 aliphatic heterocycles. The molecule has 1 atom stereocenters. The molecule has 2 aromatic rings. The Balaban J connectivity index is 1.79. The number of halogens is 1. The molecule has 0 bridgehead atoms. The minimum Gasteiger partial charge on any atom is -0.338 e. The SMILES string of the molecule is CC/C(C)=C/C=C\C(C(=O)N1CC[C@@H](Cc2ccc(F)cc2)C1)=C(/C)c1ccncn1. The van der Waals surface area contributed by atoms with Crippen LogP contribution in [0.3, 0.4) is 0 Å². The first-order valence-electron chi connectivity index (χ1n) is 10.8. The Morgan fingerprint density at radius 3 is 2.68 bits per heavy atom. The third-order valence-electron chi connectivity index (χ3n) is 5.81. The van der Waals surface area contributed by atoms with E-state index in [9.17, 15) is 9.18 Å². The van der Waals surface area contributed by atoms with E-state index in [0.29, 0.717) is 18.0 Å². The Morgan fingerprint density at radius 2 is 2.00 bits per heavy atom. The van der Waals surface area contributed by atoms with E-state index >= 15 is 0 Å². The van der Waals surface area contributed by atoms with Gasteiger partial charge in [0.25, 0.3) is 5.91 Å². The summed E-state index contributed by atoms with van der Waals surface area (Å²) in [6.07, 6.45) is 11.8. The van der Waals surface area contributed by atoms with Crippen molar-refractivity contribution in [2.45, 2.75) is 40.0 Å². The second kappa shape index (κ2) is 10.8. The van der Waals surface area contributed by atoms with Crippen LogP contribution < -0.4 is 0 Å². The summed E-state index contributed by atoms with van der Waals surface area (Å²) in [6.45, 7) is 7.55. The molecule has 5 heteroatoms. The molecule has 1 aliphatic rings. The predicted octanol–water partition coefficient (Wildman–Crippen LogP) is 5.39. The van der Waals surface area contributed by atoms with Gasteiger partial charge in [0.05, 0.1) is 5.69 Å². The number of benzene rings is 1. The largest absolute Gasteiger partial charge is 0.338 e. The van der Waals surface area contributed by atoms with Crippen LogP contribution in [0.25, 0.3) is 5.57 Å². The lowest BCUT2D eigenvalue weighted by Gasteiger charge is -2.19. The predicted molar refractivity (Wildman–Crippen MR) is 123 cm³/mol. The van der Waals surface area contributed by atoms with E-state index < -0.39 is 0 Å². The van der Waals surface area contributed by atoms with E-state index in [1.165, 1.54) is 24.0 Å². The number of carbonyl (C=O) groups is 1. The van der Waals surface area contributed by atoms with Crippen LogP contribution >= 0.6 is 0 Å². The van der Waals surface area contributed by atoms with Crippen molar-refractivity contribution in [3.8, 4) is 0 Å². The van der Waals surface area contributed by atoms with Crippen LogP contribution in [0.4, 0.5) is 4.39 Å². The first-order valence-corrected chi connectivity index (χ1v) is 10.8. The molecule has 2 heterocycles. The van der Waals surface area contributed by atoms with E-state index in [0.717, 1.165) is 42.6 Å². The first kappa shape index (κ1) is 22.6. The molecule has 1 aromatic heterocycles. The molecule has 1 amide bonds. The zero-order chi connectivity index (χ0) is 22.2. The number of amides is 1. The molecule has 31 heavy (non-hydrogen) atoms. The molecule has 0 N–H and O–H groups in total. The van der Waals surface area contributed by atoms with Gasteiger partial charge in [0.2, 0.25) is 0 Å². The fourth-order valence-corrected chi connectivity index (χ4v) is 3.74. The van der Waals surface area contributed by atoms with E-state index in [2.05, 4.69) is 23.8 Å². The van der Waals surface area contributed by atoms with Crippen molar-refractivity contribution in [2.75, 3.05) is 13.1 Å². The number of carbonyl (C=O) groups excluding carboxylic acids is 1. The van der Waals surface area contributed by atoms with Crippen LogP contribution in [0.2, 0.25) is 0 Å². The third-order valence-corrected chi connectivity index (χ3v) is 5.81. The topological polar surface area (TPSA) is 46.1 Å². The molecular weight excluding hydrogens is 389 g/mol. The zero-order valence-corrected chi connectivity index (χ0v) is 18.5. The number of allylic oxidation sites excluding steroid dienone is 4. The van der Waals surface area contributed by atoms with Crippen LogP contribution in [-0.2, 0) is 11.2 Å². The molecule has 162 valence electrons. The van der Waals surface area contributed by atoms with Gasteiger partial charge >= 0.3 is 0 Å². The number of hydrogen-bond acceptors (Lipinski definition) is 3. The van der Waals surface area contributed by atoms with Gasteiger partial charge in [-0.3, -0.25) is 4.79 Å². The minimum absolute atomic E-state index is 0.0246. The lowest BCUT2D eigenvalue weighted by molar-refractivity contribution is -0.125. The Morgan fingerprint density at radius 1 is 1.23 bits per heavy atom. The first-order chi connectivity index (χ1) is 15.0. The van der Waals surface area contributed by atoms with Crippen LogP contribution in [0, 0.1) is 11.7 Å². The van der Waals surface area contributed by atoms with Gasteiger partial charge in [-0.25, -0.2) is 14.4 Å². The molecule has 1 fully saturated rings. The second-order valence-corrected chi connectivity index (χ2v) is 8.10. The average Bonchev–Trinajstić information content (AvgIpc) is 3.26. The summed E-state index contributed by atoms with van der Waals surface area (Å²) in [5.41, 5.74) is 4.60. The highest BCUT2D eigenvalue weighted by Gasteiger charge is 2.28. The maximum atomic E-state index is 13.5. The monoisotopic (exact) mass is 419 g/mol. The average molecular weight is 420 g/mol. The maximum absolute atomic E-state index is 13.5. The number of hydrogen-bond donors (Lipinski definition) is 0. The van der Waals surface area contributed by atoms with Gasteiger partial charge in [-0.05, 0) is 74.4 Å². The van der Waals surface area contributed by atoms with Crippen molar-refractivity contribution in [1.82, 2.24) is 14.9 Å². The van der Waals surface area contributed by atoms with Crippen LogP contribution in [-0.4, -0.2) is 33.9 Å². The van der Waals surface area contributed by atoms with Crippen molar-refractivity contribution >= 4 is 11.5 Å². The molecule has 1 aromatic carbocycles. The van der Waals surface area contributed by atoms with Gasteiger partial charge in [0, 0.05) is 24.9 Å². The van der Waals surface area contributed by atoms with Crippen LogP contribution in [0.5, 0.6) is 0 Å².